The van der Waals surface area contributed by atoms with E-state index in [4.69, 9.17) is 4.74 Å². The lowest BCUT2D eigenvalue weighted by Gasteiger charge is -2.13. The Bertz CT molecular complexity index is 376. The highest BCUT2D eigenvalue weighted by Gasteiger charge is 2.06. The van der Waals surface area contributed by atoms with Gasteiger partial charge in [0.15, 0.2) is 0 Å². The third kappa shape index (κ3) is 6.99. The average molecular weight is 292 g/mol. The molecule has 0 aliphatic heterocycles. The van der Waals surface area contributed by atoms with E-state index in [0.29, 0.717) is 0 Å². The molecule has 120 valence electrons. The second kappa shape index (κ2) is 10.7. The Kier molecular flexibility index (Phi) is 9.16. The molecule has 21 heavy (non-hydrogen) atoms. The molecule has 0 saturated carbocycles. The lowest BCUT2D eigenvalue weighted by Crippen LogP contribution is -2.01. The van der Waals surface area contributed by atoms with Gasteiger partial charge in [-0.15, -0.1) is 0 Å². The molecule has 1 N–H and O–H groups in total. The fraction of sp³-hybridized carbons (Fsp3) is 0.684. The summed E-state index contributed by atoms with van der Waals surface area (Å²) < 4.78 is 5.93. The highest BCUT2D eigenvalue weighted by Crippen LogP contribution is 2.25. The molecule has 0 radical (unpaired) electrons. The number of rotatable bonds is 11. The van der Waals surface area contributed by atoms with Crippen molar-refractivity contribution in [3.05, 3.63) is 28.8 Å². The van der Waals surface area contributed by atoms with Crippen molar-refractivity contribution in [2.45, 2.75) is 78.7 Å². The van der Waals surface area contributed by atoms with E-state index in [-0.39, 0.29) is 6.61 Å². The quantitative estimate of drug-likeness (QED) is 0.560. The topological polar surface area (TPSA) is 29.5 Å². The first-order chi connectivity index (χ1) is 10.2. The number of benzene rings is 1. The van der Waals surface area contributed by atoms with Gasteiger partial charge in [0.1, 0.15) is 5.75 Å². The van der Waals surface area contributed by atoms with Gasteiger partial charge in [0.2, 0.25) is 0 Å². The van der Waals surface area contributed by atoms with Gasteiger partial charge < -0.3 is 9.84 Å². The predicted octanol–water partition coefficient (Wildman–Crippen LogP) is 5.32. The molecule has 0 aromatic heterocycles. The monoisotopic (exact) mass is 292 g/mol. The molecule has 0 spiro atoms. The van der Waals surface area contributed by atoms with Crippen LogP contribution in [0.4, 0.5) is 0 Å². The maximum absolute atomic E-state index is 9.19. The van der Waals surface area contributed by atoms with Crippen LogP contribution in [0.25, 0.3) is 0 Å². The number of hydrogen-bond donors (Lipinski definition) is 1. The van der Waals surface area contributed by atoms with Gasteiger partial charge in [0, 0.05) is 0 Å². The van der Waals surface area contributed by atoms with Crippen molar-refractivity contribution in [3.63, 3.8) is 0 Å². The van der Waals surface area contributed by atoms with E-state index in [9.17, 15) is 5.11 Å². The molecule has 0 aliphatic carbocycles. The summed E-state index contributed by atoms with van der Waals surface area (Å²) in [5.41, 5.74) is 3.21. The average Bonchev–Trinajstić information content (AvgIpc) is 2.47. The second-order valence-corrected chi connectivity index (χ2v) is 6.04. The minimum Gasteiger partial charge on any atom is -0.493 e. The summed E-state index contributed by atoms with van der Waals surface area (Å²) in [5, 5.41) is 9.19. The van der Waals surface area contributed by atoms with Crippen LogP contribution in [0.3, 0.4) is 0 Å². The van der Waals surface area contributed by atoms with Gasteiger partial charge in [0.25, 0.3) is 0 Å². The van der Waals surface area contributed by atoms with Gasteiger partial charge in [-0.05, 0) is 37.0 Å². The van der Waals surface area contributed by atoms with Gasteiger partial charge in [-0.1, -0.05) is 64.0 Å². The van der Waals surface area contributed by atoms with Gasteiger partial charge in [0.05, 0.1) is 13.2 Å². The maximum atomic E-state index is 9.19. The Morgan fingerprint density at radius 3 is 1.90 bits per heavy atom. The highest BCUT2D eigenvalue weighted by atomic mass is 16.5. The molecule has 0 bridgehead atoms. The van der Waals surface area contributed by atoms with E-state index in [1.54, 1.807) is 0 Å². The van der Waals surface area contributed by atoms with Crippen molar-refractivity contribution in [2.75, 3.05) is 6.61 Å². The molecule has 1 aromatic carbocycles. The molecule has 0 amide bonds. The molecule has 0 unspecified atom stereocenters. The number of unbranched alkanes of at least 4 members (excludes halogenated alkanes) is 7. The van der Waals surface area contributed by atoms with Crippen LogP contribution in [0, 0.1) is 13.8 Å². The van der Waals surface area contributed by atoms with Gasteiger partial charge in [-0.2, -0.15) is 0 Å². The van der Waals surface area contributed by atoms with Crippen LogP contribution in [0.2, 0.25) is 0 Å². The summed E-state index contributed by atoms with van der Waals surface area (Å²) in [6.45, 7) is 7.26. The smallest absolute Gasteiger partial charge is 0.125 e. The third-order valence-corrected chi connectivity index (χ3v) is 3.95. The molecule has 0 fully saturated rings. The predicted molar refractivity (Wildman–Crippen MR) is 89.9 cm³/mol. The highest BCUT2D eigenvalue weighted by molar-refractivity contribution is 5.43. The summed E-state index contributed by atoms with van der Waals surface area (Å²) in [6.07, 6.45) is 10.6. The van der Waals surface area contributed by atoms with Crippen LogP contribution >= 0.6 is 0 Å². The molecule has 2 heteroatoms. The zero-order valence-electron chi connectivity index (χ0n) is 14.1. The number of aliphatic hydroxyl groups excluding tert-OH is 1. The fourth-order valence-electron chi connectivity index (χ4n) is 2.77. The first-order valence-electron chi connectivity index (χ1n) is 8.52. The van der Waals surface area contributed by atoms with Crippen molar-refractivity contribution in [1.82, 2.24) is 0 Å². The minimum absolute atomic E-state index is 0.0972. The van der Waals surface area contributed by atoms with E-state index in [1.807, 2.05) is 12.1 Å². The Hall–Kier alpha value is -1.02. The zero-order valence-corrected chi connectivity index (χ0v) is 14.1. The van der Waals surface area contributed by atoms with Crippen LogP contribution in [0.5, 0.6) is 5.75 Å². The second-order valence-electron chi connectivity index (χ2n) is 6.04. The van der Waals surface area contributed by atoms with Gasteiger partial charge in [-0.3, -0.25) is 0 Å². The summed E-state index contributed by atoms with van der Waals surface area (Å²) in [4.78, 5) is 0. The lowest BCUT2D eigenvalue weighted by molar-refractivity contribution is 0.280. The Labute approximate surface area is 130 Å². The molecular formula is C19H32O2. The zero-order chi connectivity index (χ0) is 15.5. The third-order valence-electron chi connectivity index (χ3n) is 3.95. The largest absolute Gasteiger partial charge is 0.493 e. The SMILES string of the molecule is CCCCCCCCCCOc1c(C)cc(CO)cc1C. The van der Waals surface area contributed by atoms with E-state index in [1.165, 1.54) is 44.9 Å². The van der Waals surface area contributed by atoms with Crippen LogP contribution in [-0.2, 0) is 6.61 Å². The van der Waals surface area contributed by atoms with Crippen molar-refractivity contribution < 1.29 is 9.84 Å². The van der Waals surface area contributed by atoms with E-state index in [0.717, 1.165) is 35.5 Å². The molecule has 2 nitrogen and oxygen atoms in total. The maximum Gasteiger partial charge on any atom is 0.125 e. The molecule has 1 rings (SSSR count). The van der Waals surface area contributed by atoms with Gasteiger partial charge >= 0.3 is 0 Å². The first-order valence-corrected chi connectivity index (χ1v) is 8.52. The standard InChI is InChI=1S/C19H32O2/c1-4-5-6-7-8-9-10-11-12-21-19-16(2)13-18(15-20)14-17(19)3/h13-14,20H,4-12,15H2,1-3H3. The van der Waals surface area contributed by atoms with Crippen LogP contribution in [0.15, 0.2) is 12.1 Å². The number of ether oxygens (including phenoxy) is 1. The summed E-state index contributed by atoms with van der Waals surface area (Å²) >= 11 is 0. The van der Waals surface area contributed by atoms with Crippen molar-refractivity contribution in [2.24, 2.45) is 0 Å². The number of aliphatic hydroxyl groups is 1. The van der Waals surface area contributed by atoms with Crippen LogP contribution in [-0.4, -0.2) is 11.7 Å². The minimum atomic E-state index is 0.0972. The fourth-order valence-corrected chi connectivity index (χ4v) is 2.77. The summed E-state index contributed by atoms with van der Waals surface area (Å²) in [6, 6.07) is 4.02. The number of aryl methyl sites for hydroxylation is 2. The number of hydrogen-bond acceptors (Lipinski definition) is 2. The Morgan fingerprint density at radius 2 is 1.38 bits per heavy atom. The van der Waals surface area contributed by atoms with Crippen LogP contribution in [0.1, 0.15) is 75.0 Å². The van der Waals surface area contributed by atoms with Crippen LogP contribution < -0.4 is 4.74 Å². The molecule has 0 saturated heterocycles. The molecule has 1 aromatic rings. The Balaban J connectivity index is 2.18. The summed E-state index contributed by atoms with van der Waals surface area (Å²) in [7, 11) is 0. The van der Waals surface area contributed by atoms with Crippen molar-refractivity contribution in [3.8, 4) is 5.75 Å². The van der Waals surface area contributed by atoms with Gasteiger partial charge in [-0.25, -0.2) is 0 Å². The summed E-state index contributed by atoms with van der Waals surface area (Å²) in [5.74, 6) is 0.996. The molecule has 0 atom stereocenters. The normalized spacial score (nSPS) is 10.9. The molecular weight excluding hydrogens is 260 g/mol. The first kappa shape index (κ1) is 18.0. The van der Waals surface area contributed by atoms with Crippen molar-refractivity contribution in [1.29, 1.82) is 0 Å². The van der Waals surface area contributed by atoms with E-state index >= 15 is 0 Å². The van der Waals surface area contributed by atoms with E-state index < -0.39 is 0 Å². The van der Waals surface area contributed by atoms with E-state index in [2.05, 4.69) is 20.8 Å². The Morgan fingerprint density at radius 1 is 0.857 bits per heavy atom. The lowest BCUT2D eigenvalue weighted by atomic mass is 10.1. The molecule has 0 heterocycles. The molecule has 0 aliphatic rings. The van der Waals surface area contributed by atoms with Crippen molar-refractivity contribution >= 4 is 0 Å².